The number of hydrogen-bond acceptors (Lipinski definition) is 4. The molecule has 1 atom stereocenters. The first kappa shape index (κ1) is 19.8. The van der Waals surface area contributed by atoms with Crippen molar-refractivity contribution in [3.05, 3.63) is 87.7 Å². The standard InChI is InChI=1S/C25H28N4O2/c1-18-22(19(2)28(26-18)15-20-9-4-3-5-10-20)17-27-14-8-11-21(16-27)29-23-12-6-7-13-24(23)31-25(29)30/h3-7,9-10,12-13,21H,8,11,14-17H2,1-2H3. The molecule has 4 aromatic rings. The quantitative estimate of drug-likeness (QED) is 0.487. The van der Waals surface area contributed by atoms with Crippen molar-refractivity contribution in [2.45, 2.75) is 45.8 Å². The fourth-order valence-corrected chi connectivity index (χ4v) is 4.81. The van der Waals surface area contributed by atoms with Crippen molar-refractivity contribution in [1.82, 2.24) is 19.2 Å². The normalized spacial score (nSPS) is 17.4. The molecule has 0 N–H and O–H groups in total. The minimum atomic E-state index is -0.254. The summed E-state index contributed by atoms with van der Waals surface area (Å²) >= 11 is 0. The van der Waals surface area contributed by atoms with Crippen LogP contribution < -0.4 is 5.76 Å². The van der Waals surface area contributed by atoms with Gasteiger partial charge in [-0.3, -0.25) is 14.1 Å². The lowest BCUT2D eigenvalue weighted by Gasteiger charge is -2.33. The summed E-state index contributed by atoms with van der Waals surface area (Å²) in [6.45, 7) is 7.77. The number of rotatable bonds is 5. The molecule has 1 fully saturated rings. The highest BCUT2D eigenvalue weighted by atomic mass is 16.4. The van der Waals surface area contributed by atoms with Crippen LogP contribution in [0.4, 0.5) is 0 Å². The number of oxazole rings is 1. The smallest absolute Gasteiger partial charge is 0.408 e. The van der Waals surface area contributed by atoms with E-state index >= 15 is 0 Å². The second-order valence-electron chi connectivity index (χ2n) is 8.53. The van der Waals surface area contributed by atoms with Gasteiger partial charge in [0.1, 0.15) is 0 Å². The lowest BCUT2D eigenvalue weighted by atomic mass is 10.0. The van der Waals surface area contributed by atoms with Crippen molar-refractivity contribution in [3.8, 4) is 0 Å². The summed E-state index contributed by atoms with van der Waals surface area (Å²) in [5.74, 6) is -0.254. The molecule has 1 aliphatic rings. The minimum Gasteiger partial charge on any atom is -0.408 e. The Kier molecular flexibility index (Phi) is 5.24. The number of nitrogens with zero attached hydrogens (tertiary/aromatic N) is 4. The summed E-state index contributed by atoms with van der Waals surface area (Å²) in [5.41, 5.74) is 6.40. The van der Waals surface area contributed by atoms with Crippen molar-refractivity contribution < 1.29 is 4.42 Å². The third kappa shape index (κ3) is 3.83. The maximum absolute atomic E-state index is 12.6. The van der Waals surface area contributed by atoms with Crippen molar-refractivity contribution in [2.24, 2.45) is 0 Å². The summed E-state index contributed by atoms with van der Waals surface area (Å²) in [4.78, 5) is 15.0. The van der Waals surface area contributed by atoms with Crippen LogP contribution in [0.3, 0.4) is 0 Å². The van der Waals surface area contributed by atoms with Crippen LogP contribution in [0.15, 0.2) is 63.8 Å². The largest absolute Gasteiger partial charge is 0.420 e. The zero-order chi connectivity index (χ0) is 21.4. The number of fused-ring (bicyclic) bond motifs is 1. The molecule has 2 aromatic heterocycles. The van der Waals surface area contributed by atoms with Crippen molar-refractivity contribution >= 4 is 11.1 Å². The summed E-state index contributed by atoms with van der Waals surface area (Å²) in [5, 5.41) is 4.81. The Morgan fingerprint density at radius 1 is 1.03 bits per heavy atom. The molecule has 0 bridgehead atoms. The average molecular weight is 417 g/mol. The third-order valence-electron chi connectivity index (χ3n) is 6.45. The molecule has 6 nitrogen and oxygen atoms in total. The Morgan fingerprint density at radius 2 is 1.81 bits per heavy atom. The van der Waals surface area contributed by atoms with E-state index < -0.39 is 0 Å². The fraction of sp³-hybridized carbons (Fsp3) is 0.360. The number of hydrogen-bond donors (Lipinski definition) is 0. The summed E-state index contributed by atoms with van der Waals surface area (Å²) in [6, 6.07) is 18.3. The molecule has 0 spiro atoms. The van der Waals surface area contributed by atoms with Crippen LogP contribution in [0.5, 0.6) is 0 Å². The monoisotopic (exact) mass is 416 g/mol. The van der Waals surface area contributed by atoms with Crippen LogP contribution in [0, 0.1) is 13.8 Å². The molecule has 6 heteroatoms. The number of likely N-dealkylation sites (tertiary alicyclic amines) is 1. The molecule has 160 valence electrons. The van der Waals surface area contributed by atoms with E-state index in [1.54, 1.807) is 0 Å². The van der Waals surface area contributed by atoms with E-state index in [9.17, 15) is 4.79 Å². The fourth-order valence-electron chi connectivity index (χ4n) is 4.81. The van der Waals surface area contributed by atoms with Gasteiger partial charge < -0.3 is 4.42 Å². The van der Waals surface area contributed by atoms with Gasteiger partial charge in [-0.1, -0.05) is 42.5 Å². The predicted octanol–water partition coefficient (Wildman–Crippen LogP) is 4.29. The van der Waals surface area contributed by atoms with Gasteiger partial charge in [-0.05, 0) is 50.9 Å². The summed E-state index contributed by atoms with van der Waals surface area (Å²) < 4.78 is 9.43. The maximum atomic E-state index is 12.6. The zero-order valence-corrected chi connectivity index (χ0v) is 18.1. The van der Waals surface area contributed by atoms with E-state index in [1.165, 1.54) is 16.8 Å². The Hall–Kier alpha value is -3.12. The van der Waals surface area contributed by atoms with Crippen LogP contribution in [0.2, 0.25) is 0 Å². The lowest BCUT2D eigenvalue weighted by molar-refractivity contribution is 0.167. The molecule has 0 radical (unpaired) electrons. The van der Waals surface area contributed by atoms with E-state index in [4.69, 9.17) is 9.52 Å². The Balaban J connectivity index is 1.36. The van der Waals surface area contributed by atoms with Gasteiger partial charge in [0.15, 0.2) is 5.58 Å². The SMILES string of the molecule is Cc1nn(Cc2ccccc2)c(C)c1CN1CCCC(n2c(=O)oc3ccccc32)C1. The average Bonchev–Trinajstić information content (AvgIpc) is 3.25. The zero-order valence-electron chi connectivity index (χ0n) is 18.1. The van der Waals surface area contributed by atoms with Crippen molar-refractivity contribution in [2.75, 3.05) is 13.1 Å². The number of piperidine rings is 1. The number of benzene rings is 2. The molecule has 3 heterocycles. The van der Waals surface area contributed by atoms with Gasteiger partial charge in [0.05, 0.1) is 23.8 Å². The maximum Gasteiger partial charge on any atom is 0.420 e. The van der Waals surface area contributed by atoms with E-state index in [-0.39, 0.29) is 11.8 Å². The van der Waals surface area contributed by atoms with Crippen LogP contribution in [-0.2, 0) is 13.1 Å². The number of aryl methyl sites for hydroxylation is 1. The molecule has 1 aliphatic heterocycles. The first-order chi connectivity index (χ1) is 15.1. The van der Waals surface area contributed by atoms with Crippen molar-refractivity contribution in [1.29, 1.82) is 0 Å². The second kappa shape index (κ2) is 8.19. The number of aromatic nitrogens is 3. The molecule has 2 aromatic carbocycles. The van der Waals surface area contributed by atoms with Crippen LogP contribution in [-0.4, -0.2) is 32.3 Å². The van der Waals surface area contributed by atoms with E-state index in [2.05, 4.69) is 47.7 Å². The number of para-hydroxylation sites is 2. The second-order valence-corrected chi connectivity index (χ2v) is 8.53. The first-order valence-electron chi connectivity index (χ1n) is 11.0. The molecular weight excluding hydrogens is 388 g/mol. The molecule has 1 unspecified atom stereocenters. The van der Waals surface area contributed by atoms with E-state index in [0.29, 0.717) is 5.58 Å². The van der Waals surface area contributed by atoms with Gasteiger partial charge in [-0.25, -0.2) is 4.79 Å². The topological polar surface area (TPSA) is 56.2 Å². The molecular formula is C25H28N4O2. The highest BCUT2D eigenvalue weighted by Crippen LogP contribution is 2.27. The van der Waals surface area contributed by atoms with Crippen LogP contribution >= 0.6 is 0 Å². The Morgan fingerprint density at radius 3 is 2.65 bits per heavy atom. The van der Waals surface area contributed by atoms with Gasteiger partial charge in [-0.2, -0.15) is 5.10 Å². The van der Waals surface area contributed by atoms with Gasteiger partial charge in [0.25, 0.3) is 0 Å². The van der Waals surface area contributed by atoms with Crippen molar-refractivity contribution in [3.63, 3.8) is 0 Å². The Bertz CT molecular complexity index is 1250. The molecule has 1 saturated heterocycles. The Labute approximate surface area is 181 Å². The highest BCUT2D eigenvalue weighted by molar-refractivity contribution is 5.72. The molecule has 0 saturated carbocycles. The van der Waals surface area contributed by atoms with Crippen LogP contribution in [0.25, 0.3) is 11.1 Å². The molecule has 0 amide bonds. The summed E-state index contributed by atoms with van der Waals surface area (Å²) in [6.07, 6.45) is 2.05. The lowest BCUT2D eigenvalue weighted by Crippen LogP contribution is -2.38. The summed E-state index contributed by atoms with van der Waals surface area (Å²) in [7, 11) is 0. The van der Waals surface area contributed by atoms with Gasteiger partial charge in [0.2, 0.25) is 0 Å². The first-order valence-corrected chi connectivity index (χ1v) is 11.0. The minimum absolute atomic E-state index is 0.130. The van der Waals surface area contributed by atoms with Gasteiger partial charge in [0, 0.05) is 24.3 Å². The molecule has 0 aliphatic carbocycles. The molecule has 5 rings (SSSR count). The van der Waals surface area contributed by atoms with Crippen LogP contribution in [0.1, 0.15) is 41.4 Å². The van der Waals surface area contributed by atoms with Gasteiger partial charge in [-0.15, -0.1) is 0 Å². The third-order valence-corrected chi connectivity index (χ3v) is 6.45. The van der Waals surface area contributed by atoms with E-state index in [1.807, 2.05) is 34.9 Å². The predicted molar refractivity (Wildman–Crippen MR) is 121 cm³/mol. The molecule has 31 heavy (non-hydrogen) atoms. The highest BCUT2D eigenvalue weighted by Gasteiger charge is 2.26. The van der Waals surface area contributed by atoms with E-state index in [0.717, 1.165) is 50.2 Å². The van der Waals surface area contributed by atoms with Gasteiger partial charge >= 0.3 is 5.76 Å².